The summed E-state index contributed by atoms with van der Waals surface area (Å²) in [5.74, 6) is -0.124. The summed E-state index contributed by atoms with van der Waals surface area (Å²) in [5.41, 5.74) is 4.75. The minimum absolute atomic E-state index is 0.00743. The van der Waals surface area contributed by atoms with E-state index in [4.69, 9.17) is 0 Å². The number of carbonyl (C=O) groups is 1. The van der Waals surface area contributed by atoms with Gasteiger partial charge >= 0.3 is 0 Å². The first-order valence-electron chi connectivity index (χ1n) is 11.0. The molecule has 1 amide bonds. The first-order chi connectivity index (χ1) is 14.8. The number of carbonyl (C=O) groups excluding carboxylic acids is 1. The molecular weight excluding hydrogens is 476 g/mol. The average molecular weight is 505 g/mol. The van der Waals surface area contributed by atoms with Crippen LogP contribution in [0.25, 0.3) is 0 Å². The van der Waals surface area contributed by atoms with Crippen LogP contribution in [0.5, 0.6) is 0 Å². The maximum Gasteiger partial charge on any atom is 0.223 e. The molecule has 0 saturated carbocycles. The molecular formula is C24H29BrN2O3S. The minimum atomic E-state index is -3.38. The van der Waals surface area contributed by atoms with Crippen LogP contribution in [0.3, 0.4) is 0 Å². The molecule has 0 bridgehead atoms. The van der Waals surface area contributed by atoms with Crippen LogP contribution in [0.2, 0.25) is 0 Å². The van der Waals surface area contributed by atoms with Gasteiger partial charge in [0.15, 0.2) is 0 Å². The Morgan fingerprint density at radius 1 is 1.10 bits per heavy atom. The van der Waals surface area contributed by atoms with Crippen molar-refractivity contribution in [2.45, 2.75) is 50.8 Å². The van der Waals surface area contributed by atoms with Gasteiger partial charge in [0.2, 0.25) is 15.9 Å². The van der Waals surface area contributed by atoms with E-state index in [0.29, 0.717) is 25.9 Å². The van der Waals surface area contributed by atoms with Gasteiger partial charge in [-0.2, -0.15) is 0 Å². The predicted molar refractivity (Wildman–Crippen MR) is 126 cm³/mol. The molecule has 1 heterocycles. The van der Waals surface area contributed by atoms with Gasteiger partial charge in [0.1, 0.15) is 0 Å². The van der Waals surface area contributed by atoms with E-state index in [0.717, 1.165) is 28.4 Å². The number of nitrogens with one attached hydrogen (secondary N) is 1. The van der Waals surface area contributed by atoms with Crippen LogP contribution in [0.1, 0.15) is 54.5 Å². The molecule has 1 atom stereocenters. The van der Waals surface area contributed by atoms with Crippen LogP contribution >= 0.6 is 15.9 Å². The van der Waals surface area contributed by atoms with Crippen molar-refractivity contribution < 1.29 is 13.2 Å². The van der Waals surface area contributed by atoms with Crippen LogP contribution in [0, 0.1) is 5.92 Å². The van der Waals surface area contributed by atoms with Crippen molar-refractivity contribution in [2.24, 2.45) is 5.92 Å². The van der Waals surface area contributed by atoms with E-state index in [9.17, 15) is 13.2 Å². The smallest absolute Gasteiger partial charge is 0.223 e. The number of benzene rings is 2. The lowest BCUT2D eigenvalue weighted by Crippen LogP contribution is -2.43. The highest BCUT2D eigenvalue weighted by molar-refractivity contribution is 9.10. The zero-order chi connectivity index (χ0) is 22.0. The Bertz CT molecular complexity index is 1040. The molecule has 1 fully saturated rings. The average Bonchev–Trinajstić information content (AvgIpc) is 3.23. The number of sulfonamides is 1. The Morgan fingerprint density at radius 3 is 2.48 bits per heavy atom. The number of amides is 1. The summed E-state index contributed by atoms with van der Waals surface area (Å²) in [7, 11) is -3.38. The van der Waals surface area contributed by atoms with Crippen molar-refractivity contribution in [2.75, 3.05) is 13.1 Å². The second-order valence-electron chi connectivity index (χ2n) is 8.67. The number of aryl methyl sites for hydroxylation is 2. The summed E-state index contributed by atoms with van der Waals surface area (Å²) < 4.78 is 28.0. The zero-order valence-corrected chi connectivity index (χ0v) is 20.2. The number of hydrogen-bond donors (Lipinski definition) is 1. The molecule has 0 aromatic heterocycles. The summed E-state index contributed by atoms with van der Waals surface area (Å²) >= 11 is 3.37. The molecule has 166 valence electrons. The van der Waals surface area contributed by atoms with E-state index in [2.05, 4.69) is 39.4 Å². The summed E-state index contributed by atoms with van der Waals surface area (Å²) in [6, 6.07) is 13.8. The van der Waals surface area contributed by atoms with Crippen LogP contribution in [0.15, 0.2) is 46.9 Å². The van der Waals surface area contributed by atoms with Crippen molar-refractivity contribution in [3.05, 3.63) is 69.2 Å². The third kappa shape index (κ3) is 5.38. The maximum absolute atomic E-state index is 12.8. The highest BCUT2D eigenvalue weighted by Crippen LogP contribution is 2.27. The second kappa shape index (κ2) is 9.43. The van der Waals surface area contributed by atoms with Crippen LogP contribution < -0.4 is 5.32 Å². The molecule has 2 aliphatic rings. The molecule has 2 aromatic rings. The summed E-state index contributed by atoms with van der Waals surface area (Å²) in [6.45, 7) is 2.81. The Kier molecular flexibility index (Phi) is 6.84. The number of hydrogen-bond acceptors (Lipinski definition) is 3. The highest BCUT2D eigenvalue weighted by atomic mass is 79.9. The second-order valence-corrected chi connectivity index (χ2v) is 11.6. The lowest BCUT2D eigenvalue weighted by molar-refractivity contribution is -0.126. The normalized spacial score (nSPS) is 18.5. The molecule has 7 heteroatoms. The van der Waals surface area contributed by atoms with Crippen LogP contribution in [0.4, 0.5) is 0 Å². The Balaban J connectivity index is 1.30. The van der Waals surface area contributed by atoms with Crippen molar-refractivity contribution in [3.63, 3.8) is 0 Å². The summed E-state index contributed by atoms with van der Waals surface area (Å²) in [5, 5.41) is 3.14. The predicted octanol–water partition coefficient (Wildman–Crippen LogP) is 4.36. The van der Waals surface area contributed by atoms with Gasteiger partial charge in [-0.1, -0.05) is 46.3 Å². The molecule has 0 spiro atoms. The fourth-order valence-electron chi connectivity index (χ4n) is 4.55. The fraction of sp³-hybridized carbons (Fsp3) is 0.458. The van der Waals surface area contributed by atoms with Crippen molar-refractivity contribution in [1.82, 2.24) is 9.62 Å². The van der Waals surface area contributed by atoms with Gasteiger partial charge in [-0.3, -0.25) is 4.79 Å². The monoisotopic (exact) mass is 504 g/mol. The molecule has 1 aliphatic heterocycles. The first-order valence-corrected chi connectivity index (χ1v) is 13.4. The van der Waals surface area contributed by atoms with Crippen molar-refractivity contribution >= 4 is 31.9 Å². The molecule has 1 aliphatic carbocycles. The van der Waals surface area contributed by atoms with Gasteiger partial charge in [0, 0.05) is 23.5 Å². The molecule has 0 unspecified atom stereocenters. The molecule has 1 saturated heterocycles. The van der Waals surface area contributed by atoms with E-state index in [1.165, 1.54) is 21.9 Å². The van der Waals surface area contributed by atoms with Gasteiger partial charge in [-0.15, -0.1) is 0 Å². The lowest BCUT2D eigenvalue weighted by Gasteiger charge is -2.31. The van der Waals surface area contributed by atoms with Crippen molar-refractivity contribution in [3.8, 4) is 0 Å². The Morgan fingerprint density at radius 2 is 1.77 bits per heavy atom. The zero-order valence-electron chi connectivity index (χ0n) is 17.8. The van der Waals surface area contributed by atoms with Crippen molar-refractivity contribution in [1.29, 1.82) is 0 Å². The van der Waals surface area contributed by atoms with E-state index in [1.54, 1.807) is 0 Å². The number of piperidine rings is 1. The van der Waals surface area contributed by atoms with E-state index in [-0.39, 0.29) is 23.6 Å². The molecule has 0 radical (unpaired) electrons. The van der Waals surface area contributed by atoms with Gasteiger partial charge in [0.05, 0.1) is 11.8 Å². The number of rotatable bonds is 6. The standard InChI is InChI=1S/C24H29BrN2O3S/c1-17(21-8-7-19-3-2-4-22(19)15-21)26-24(28)20-11-13-27(14-12-20)31(29,30)16-18-5-9-23(25)10-6-18/h5-10,15,17,20H,2-4,11-14,16H2,1H3,(H,26,28)/t17-/m0/s1. The van der Waals surface area contributed by atoms with E-state index in [1.807, 2.05) is 31.2 Å². The largest absolute Gasteiger partial charge is 0.349 e. The molecule has 31 heavy (non-hydrogen) atoms. The number of nitrogens with zero attached hydrogens (tertiary/aromatic N) is 1. The third-order valence-corrected chi connectivity index (χ3v) is 8.84. The molecule has 2 aromatic carbocycles. The van der Waals surface area contributed by atoms with Crippen LogP contribution in [-0.4, -0.2) is 31.7 Å². The SMILES string of the molecule is C[C@H](NC(=O)C1CCN(S(=O)(=O)Cc2ccc(Br)cc2)CC1)c1ccc2c(c1)CCC2. The maximum atomic E-state index is 12.8. The topological polar surface area (TPSA) is 66.5 Å². The van der Waals surface area contributed by atoms with Crippen LogP contribution in [-0.2, 0) is 33.4 Å². The third-order valence-electron chi connectivity index (χ3n) is 6.46. The lowest BCUT2D eigenvalue weighted by atomic mass is 9.96. The number of halogens is 1. The quantitative estimate of drug-likeness (QED) is 0.635. The van der Waals surface area contributed by atoms with Gasteiger partial charge in [-0.05, 0) is 73.4 Å². The van der Waals surface area contributed by atoms with E-state index < -0.39 is 10.0 Å². The van der Waals surface area contributed by atoms with Gasteiger partial charge in [0.25, 0.3) is 0 Å². The summed E-state index contributed by atoms with van der Waals surface area (Å²) in [4.78, 5) is 12.8. The molecule has 1 N–H and O–H groups in total. The minimum Gasteiger partial charge on any atom is -0.349 e. The number of fused-ring (bicyclic) bond motifs is 1. The summed E-state index contributed by atoms with van der Waals surface area (Å²) in [6.07, 6.45) is 4.60. The van der Waals surface area contributed by atoms with Gasteiger partial charge in [-0.25, -0.2) is 12.7 Å². The highest BCUT2D eigenvalue weighted by Gasteiger charge is 2.31. The Hall–Kier alpha value is -1.70. The van der Waals surface area contributed by atoms with Gasteiger partial charge < -0.3 is 5.32 Å². The fourth-order valence-corrected chi connectivity index (χ4v) is 6.38. The Labute approximate surface area is 193 Å². The molecule has 4 rings (SSSR count). The first kappa shape index (κ1) is 22.5. The van der Waals surface area contributed by atoms with E-state index >= 15 is 0 Å². The molecule has 5 nitrogen and oxygen atoms in total.